The molecule has 0 atom stereocenters. The lowest BCUT2D eigenvalue weighted by atomic mass is 10.1. The van der Waals surface area contributed by atoms with Crippen molar-refractivity contribution in [2.24, 2.45) is 5.73 Å². The number of para-hydroxylation sites is 1. The lowest BCUT2D eigenvalue weighted by Gasteiger charge is -2.13. The van der Waals surface area contributed by atoms with E-state index >= 15 is 0 Å². The van der Waals surface area contributed by atoms with Gasteiger partial charge in [-0.2, -0.15) is 0 Å². The first-order valence-corrected chi connectivity index (χ1v) is 6.11. The Morgan fingerprint density at radius 1 is 1.22 bits per heavy atom. The average molecular weight is 242 g/mol. The lowest BCUT2D eigenvalue weighted by molar-refractivity contribution is 0.300. The van der Waals surface area contributed by atoms with E-state index in [2.05, 4.69) is 24.0 Å². The summed E-state index contributed by atoms with van der Waals surface area (Å²) in [6.45, 7) is 3.22. The quantitative estimate of drug-likeness (QED) is 0.876. The molecule has 2 aromatic rings. The molecule has 2 N–H and O–H groups in total. The summed E-state index contributed by atoms with van der Waals surface area (Å²) in [5, 5.41) is 0. The Labute approximate surface area is 108 Å². The Kier molecular flexibility index (Phi) is 4.31. The Hall–Kier alpha value is -1.87. The monoisotopic (exact) mass is 242 g/mol. The van der Waals surface area contributed by atoms with Crippen LogP contribution in [0.5, 0.6) is 5.75 Å². The van der Waals surface area contributed by atoms with Gasteiger partial charge in [-0.15, -0.1) is 0 Å². The molecule has 0 aliphatic rings. The Bertz CT molecular complexity index is 497. The van der Waals surface area contributed by atoms with Crippen LogP contribution in [0.15, 0.2) is 42.7 Å². The summed E-state index contributed by atoms with van der Waals surface area (Å²) >= 11 is 0. The van der Waals surface area contributed by atoms with Crippen LogP contribution in [0.4, 0.5) is 0 Å². The van der Waals surface area contributed by atoms with Gasteiger partial charge in [0.05, 0.1) is 0 Å². The Morgan fingerprint density at radius 2 is 2.11 bits per heavy atom. The van der Waals surface area contributed by atoms with E-state index in [4.69, 9.17) is 10.5 Å². The van der Waals surface area contributed by atoms with Crippen molar-refractivity contribution in [1.82, 2.24) is 4.98 Å². The molecule has 0 saturated carbocycles. The predicted molar refractivity (Wildman–Crippen MR) is 72.5 cm³/mol. The van der Waals surface area contributed by atoms with Gasteiger partial charge in [-0.25, -0.2) is 0 Å². The van der Waals surface area contributed by atoms with Crippen molar-refractivity contribution in [3.63, 3.8) is 0 Å². The van der Waals surface area contributed by atoms with Gasteiger partial charge in [0.2, 0.25) is 0 Å². The number of nitrogens with two attached hydrogens (primary N) is 1. The first kappa shape index (κ1) is 12.6. The molecule has 3 heteroatoms. The van der Waals surface area contributed by atoms with Crippen LogP contribution in [0, 0.1) is 6.92 Å². The average Bonchev–Trinajstić information content (AvgIpc) is 2.40. The summed E-state index contributed by atoms with van der Waals surface area (Å²) in [5.41, 5.74) is 9.00. The van der Waals surface area contributed by atoms with E-state index in [1.807, 2.05) is 24.4 Å². The molecule has 94 valence electrons. The minimum absolute atomic E-state index is 0.538. The van der Waals surface area contributed by atoms with E-state index in [9.17, 15) is 0 Å². The van der Waals surface area contributed by atoms with Crippen molar-refractivity contribution in [3.8, 4) is 5.75 Å². The summed E-state index contributed by atoms with van der Waals surface area (Å²) in [6.07, 6.45) is 4.42. The summed E-state index contributed by atoms with van der Waals surface area (Å²) in [5.74, 6) is 0.951. The molecule has 3 nitrogen and oxygen atoms in total. The molecule has 0 spiro atoms. The minimum atomic E-state index is 0.538. The number of hydrogen-bond donors (Lipinski definition) is 1. The van der Waals surface area contributed by atoms with E-state index in [1.54, 1.807) is 6.20 Å². The highest BCUT2D eigenvalue weighted by Gasteiger charge is 2.06. The van der Waals surface area contributed by atoms with Crippen molar-refractivity contribution >= 4 is 0 Å². The van der Waals surface area contributed by atoms with E-state index in [1.165, 1.54) is 5.56 Å². The highest BCUT2D eigenvalue weighted by Crippen LogP contribution is 2.24. The van der Waals surface area contributed by atoms with Crippen LogP contribution in [0.1, 0.15) is 16.7 Å². The van der Waals surface area contributed by atoms with Crippen LogP contribution in [-0.4, -0.2) is 11.5 Å². The zero-order chi connectivity index (χ0) is 12.8. The fourth-order valence-corrected chi connectivity index (χ4v) is 1.91. The molecule has 0 unspecified atom stereocenters. The van der Waals surface area contributed by atoms with Gasteiger partial charge in [-0.3, -0.25) is 4.98 Å². The van der Waals surface area contributed by atoms with Crippen molar-refractivity contribution in [2.45, 2.75) is 20.0 Å². The number of aromatic nitrogens is 1. The number of hydrogen-bond acceptors (Lipinski definition) is 3. The van der Waals surface area contributed by atoms with Gasteiger partial charge in [-0.05, 0) is 37.1 Å². The molecule has 0 aliphatic heterocycles. The van der Waals surface area contributed by atoms with Crippen molar-refractivity contribution in [1.29, 1.82) is 0 Å². The third-order valence-corrected chi connectivity index (χ3v) is 2.81. The van der Waals surface area contributed by atoms with Gasteiger partial charge in [0.15, 0.2) is 0 Å². The van der Waals surface area contributed by atoms with Crippen LogP contribution in [-0.2, 0) is 13.0 Å². The molecule has 0 aliphatic carbocycles. The number of benzene rings is 1. The van der Waals surface area contributed by atoms with E-state index in [0.29, 0.717) is 13.2 Å². The van der Waals surface area contributed by atoms with Gasteiger partial charge in [-0.1, -0.05) is 24.3 Å². The normalized spacial score (nSPS) is 10.3. The summed E-state index contributed by atoms with van der Waals surface area (Å²) in [7, 11) is 0. The molecule has 18 heavy (non-hydrogen) atoms. The van der Waals surface area contributed by atoms with Gasteiger partial charge in [0.25, 0.3) is 0 Å². The second kappa shape index (κ2) is 6.17. The number of nitrogens with zero attached hydrogens (tertiary/aromatic N) is 1. The minimum Gasteiger partial charge on any atom is -0.488 e. The maximum atomic E-state index is 5.91. The zero-order valence-corrected chi connectivity index (χ0v) is 10.6. The molecule has 0 fully saturated rings. The fraction of sp³-hybridized carbons (Fsp3) is 0.267. The molecular formula is C15H18N2O. The van der Waals surface area contributed by atoms with Crippen LogP contribution >= 0.6 is 0 Å². The standard InChI is InChI=1S/C15H18N2O/c1-12-4-2-6-14(7-8-16)15(12)18-11-13-5-3-9-17-10-13/h2-6,9-10H,7-8,11,16H2,1H3. The second-order valence-corrected chi connectivity index (χ2v) is 4.25. The van der Waals surface area contributed by atoms with Gasteiger partial charge < -0.3 is 10.5 Å². The van der Waals surface area contributed by atoms with Gasteiger partial charge in [0.1, 0.15) is 12.4 Å². The Balaban J connectivity index is 2.13. The smallest absolute Gasteiger partial charge is 0.125 e. The van der Waals surface area contributed by atoms with E-state index < -0.39 is 0 Å². The molecule has 0 radical (unpaired) electrons. The fourth-order valence-electron chi connectivity index (χ4n) is 1.91. The molecule has 0 saturated heterocycles. The number of pyridine rings is 1. The Morgan fingerprint density at radius 3 is 2.83 bits per heavy atom. The molecule has 1 aromatic carbocycles. The topological polar surface area (TPSA) is 48.1 Å². The SMILES string of the molecule is Cc1cccc(CCN)c1OCc1cccnc1. The summed E-state index contributed by atoms with van der Waals surface area (Å²) in [4.78, 5) is 4.08. The van der Waals surface area contributed by atoms with Crippen LogP contribution in [0.25, 0.3) is 0 Å². The third kappa shape index (κ3) is 3.08. The predicted octanol–water partition coefficient (Wildman–Crippen LogP) is 2.47. The summed E-state index contributed by atoms with van der Waals surface area (Å²) < 4.78 is 5.91. The number of aryl methyl sites for hydroxylation is 1. The highest BCUT2D eigenvalue weighted by molar-refractivity contribution is 5.41. The molecule has 2 rings (SSSR count). The lowest BCUT2D eigenvalue weighted by Crippen LogP contribution is -2.06. The highest BCUT2D eigenvalue weighted by atomic mass is 16.5. The molecule has 1 aromatic heterocycles. The molecule has 0 bridgehead atoms. The second-order valence-electron chi connectivity index (χ2n) is 4.25. The van der Waals surface area contributed by atoms with Crippen molar-refractivity contribution < 1.29 is 4.74 Å². The van der Waals surface area contributed by atoms with E-state index in [0.717, 1.165) is 23.3 Å². The molecular weight excluding hydrogens is 224 g/mol. The maximum Gasteiger partial charge on any atom is 0.125 e. The van der Waals surface area contributed by atoms with E-state index in [-0.39, 0.29) is 0 Å². The molecule has 0 amide bonds. The molecule has 1 heterocycles. The first-order chi connectivity index (χ1) is 8.81. The van der Waals surface area contributed by atoms with Crippen LogP contribution in [0.3, 0.4) is 0 Å². The van der Waals surface area contributed by atoms with Gasteiger partial charge in [0, 0.05) is 18.0 Å². The first-order valence-electron chi connectivity index (χ1n) is 6.11. The summed E-state index contributed by atoms with van der Waals surface area (Å²) in [6, 6.07) is 10.1. The third-order valence-electron chi connectivity index (χ3n) is 2.81. The number of ether oxygens (including phenoxy) is 1. The van der Waals surface area contributed by atoms with Crippen molar-refractivity contribution in [3.05, 3.63) is 59.4 Å². The van der Waals surface area contributed by atoms with Crippen LogP contribution < -0.4 is 10.5 Å². The number of rotatable bonds is 5. The van der Waals surface area contributed by atoms with Gasteiger partial charge >= 0.3 is 0 Å². The largest absolute Gasteiger partial charge is 0.488 e. The van der Waals surface area contributed by atoms with Crippen molar-refractivity contribution in [2.75, 3.05) is 6.54 Å². The van der Waals surface area contributed by atoms with Crippen LogP contribution in [0.2, 0.25) is 0 Å². The zero-order valence-electron chi connectivity index (χ0n) is 10.6. The maximum absolute atomic E-state index is 5.91.